The first-order chi connectivity index (χ1) is 12.4. The Bertz CT molecular complexity index is 536. The molecule has 0 spiro atoms. The molecule has 1 aromatic heterocycles. The zero-order chi connectivity index (χ0) is 16.9. The molecule has 1 aromatic rings. The van der Waals surface area contributed by atoms with Gasteiger partial charge >= 0.3 is 0 Å². The molecule has 0 N–H and O–H groups in total. The van der Waals surface area contributed by atoms with E-state index in [2.05, 4.69) is 14.8 Å². The lowest BCUT2D eigenvalue weighted by Crippen LogP contribution is -2.51. The first-order valence-electron chi connectivity index (χ1n) is 9.94. The molecular formula is C19H30N4O2. The van der Waals surface area contributed by atoms with Gasteiger partial charge in [-0.3, -0.25) is 9.88 Å². The molecule has 2 saturated heterocycles. The van der Waals surface area contributed by atoms with Crippen LogP contribution in [0, 0.1) is 0 Å². The molecule has 6 nitrogen and oxygen atoms in total. The van der Waals surface area contributed by atoms with E-state index in [1.807, 2.05) is 6.20 Å². The van der Waals surface area contributed by atoms with Gasteiger partial charge in [0.2, 0.25) is 5.88 Å². The summed E-state index contributed by atoms with van der Waals surface area (Å²) in [5, 5.41) is 0. The molecule has 4 rings (SSSR count). The Morgan fingerprint density at radius 2 is 1.68 bits per heavy atom. The molecule has 0 atom stereocenters. The zero-order valence-corrected chi connectivity index (χ0v) is 15.1. The summed E-state index contributed by atoms with van der Waals surface area (Å²) in [6.45, 7) is 6.05. The minimum atomic E-state index is 0.323. The van der Waals surface area contributed by atoms with Gasteiger partial charge in [0, 0.05) is 45.4 Å². The lowest BCUT2D eigenvalue weighted by molar-refractivity contribution is 0.0320. The first-order valence-corrected chi connectivity index (χ1v) is 9.94. The molecule has 0 amide bonds. The molecule has 138 valence electrons. The van der Waals surface area contributed by atoms with Crippen LogP contribution in [0.1, 0.15) is 44.9 Å². The molecule has 6 heteroatoms. The molecule has 3 heterocycles. The Kier molecular flexibility index (Phi) is 5.67. The van der Waals surface area contributed by atoms with E-state index in [1.54, 1.807) is 6.20 Å². The van der Waals surface area contributed by atoms with Crippen LogP contribution in [-0.4, -0.2) is 66.4 Å². The van der Waals surface area contributed by atoms with E-state index in [4.69, 9.17) is 14.5 Å². The van der Waals surface area contributed by atoms with Gasteiger partial charge < -0.3 is 14.4 Å². The molecule has 0 unspecified atom stereocenters. The van der Waals surface area contributed by atoms with Gasteiger partial charge in [-0.05, 0) is 38.5 Å². The minimum Gasteiger partial charge on any atom is -0.473 e. The number of rotatable bonds is 4. The number of piperazine rings is 1. The van der Waals surface area contributed by atoms with Crippen molar-refractivity contribution in [3.05, 3.63) is 12.4 Å². The summed E-state index contributed by atoms with van der Waals surface area (Å²) in [5.41, 5.74) is 0. The molecule has 1 aliphatic carbocycles. The van der Waals surface area contributed by atoms with Crippen molar-refractivity contribution < 1.29 is 9.47 Å². The number of aromatic nitrogens is 2. The highest BCUT2D eigenvalue weighted by molar-refractivity contribution is 5.38. The smallest absolute Gasteiger partial charge is 0.234 e. The predicted molar refractivity (Wildman–Crippen MR) is 97.2 cm³/mol. The van der Waals surface area contributed by atoms with Crippen LogP contribution < -0.4 is 9.64 Å². The highest BCUT2D eigenvalue weighted by Gasteiger charge is 2.26. The third-order valence-corrected chi connectivity index (χ3v) is 5.78. The van der Waals surface area contributed by atoms with Crippen molar-refractivity contribution >= 4 is 5.82 Å². The van der Waals surface area contributed by atoms with Crippen molar-refractivity contribution in [2.75, 3.05) is 44.3 Å². The van der Waals surface area contributed by atoms with Crippen molar-refractivity contribution in [3.63, 3.8) is 0 Å². The second-order valence-electron chi connectivity index (χ2n) is 7.46. The normalized spacial score (nSPS) is 24.4. The fraction of sp³-hybridized carbons (Fsp3) is 0.789. The SMILES string of the molecule is c1ncc(N2CCN(C3CCOCC3)CC2)nc1OC1CCCCC1. The highest BCUT2D eigenvalue weighted by atomic mass is 16.5. The topological polar surface area (TPSA) is 50.7 Å². The maximum Gasteiger partial charge on any atom is 0.234 e. The first kappa shape index (κ1) is 17.0. The Morgan fingerprint density at radius 1 is 0.920 bits per heavy atom. The Morgan fingerprint density at radius 3 is 2.44 bits per heavy atom. The van der Waals surface area contributed by atoms with Crippen LogP contribution in [0.5, 0.6) is 5.88 Å². The summed E-state index contributed by atoms with van der Waals surface area (Å²) >= 11 is 0. The average molecular weight is 346 g/mol. The van der Waals surface area contributed by atoms with Gasteiger partial charge in [0.15, 0.2) is 5.82 Å². The molecule has 3 fully saturated rings. The van der Waals surface area contributed by atoms with Gasteiger partial charge in [-0.2, -0.15) is 4.98 Å². The van der Waals surface area contributed by atoms with Crippen LogP contribution in [0.4, 0.5) is 5.82 Å². The van der Waals surface area contributed by atoms with E-state index in [9.17, 15) is 0 Å². The number of nitrogens with zero attached hydrogens (tertiary/aromatic N) is 4. The zero-order valence-electron chi connectivity index (χ0n) is 15.1. The van der Waals surface area contributed by atoms with E-state index in [0.717, 1.165) is 58.1 Å². The molecule has 1 saturated carbocycles. The fourth-order valence-electron chi connectivity index (χ4n) is 4.27. The monoisotopic (exact) mass is 346 g/mol. The summed E-state index contributed by atoms with van der Waals surface area (Å²) < 4.78 is 11.6. The molecule has 0 radical (unpaired) electrons. The van der Waals surface area contributed by atoms with Crippen molar-refractivity contribution in [3.8, 4) is 5.88 Å². The summed E-state index contributed by atoms with van der Waals surface area (Å²) in [5.74, 6) is 1.65. The van der Waals surface area contributed by atoms with E-state index < -0.39 is 0 Å². The summed E-state index contributed by atoms with van der Waals surface area (Å²) in [4.78, 5) is 14.1. The van der Waals surface area contributed by atoms with Gasteiger partial charge in [-0.15, -0.1) is 0 Å². The molecule has 3 aliphatic rings. The number of hydrogen-bond donors (Lipinski definition) is 0. The second kappa shape index (κ2) is 8.32. The maximum atomic E-state index is 6.08. The quantitative estimate of drug-likeness (QED) is 0.835. The van der Waals surface area contributed by atoms with Gasteiger partial charge in [-0.1, -0.05) is 6.42 Å². The highest BCUT2D eigenvalue weighted by Crippen LogP contribution is 2.24. The lowest BCUT2D eigenvalue weighted by Gasteiger charge is -2.41. The largest absolute Gasteiger partial charge is 0.473 e. The lowest BCUT2D eigenvalue weighted by atomic mass is 9.98. The second-order valence-corrected chi connectivity index (χ2v) is 7.46. The van der Waals surface area contributed by atoms with Crippen molar-refractivity contribution in [1.82, 2.24) is 14.9 Å². The van der Waals surface area contributed by atoms with Crippen LogP contribution in [0.2, 0.25) is 0 Å². The Labute approximate surface area is 150 Å². The van der Waals surface area contributed by atoms with E-state index in [1.165, 1.54) is 32.1 Å². The van der Waals surface area contributed by atoms with Crippen LogP contribution in [0.3, 0.4) is 0 Å². The number of anilines is 1. The van der Waals surface area contributed by atoms with Gasteiger partial charge in [0.1, 0.15) is 6.10 Å². The van der Waals surface area contributed by atoms with Crippen LogP contribution in [0.25, 0.3) is 0 Å². The van der Waals surface area contributed by atoms with E-state index >= 15 is 0 Å². The number of ether oxygens (including phenoxy) is 2. The number of hydrogen-bond acceptors (Lipinski definition) is 6. The summed E-state index contributed by atoms with van der Waals surface area (Å²) in [6.07, 6.45) is 12.5. The Hall–Kier alpha value is -1.40. The van der Waals surface area contributed by atoms with Crippen LogP contribution in [-0.2, 0) is 4.74 Å². The third kappa shape index (κ3) is 4.42. The summed E-state index contributed by atoms with van der Waals surface area (Å²) in [6, 6.07) is 0.697. The van der Waals surface area contributed by atoms with Crippen molar-refractivity contribution in [1.29, 1.82) is 0 Å². The molecular weight excluding hydrogens is 316 g/mol. The molecule has 25 heavy (non-hydrogen) atoms. The Balaban J connectivity index is 1.32. The van der Waals surface area contributed by atoms with E-state index in [-0.39, 0.29) is 0 Å². The molecule has 0 aromatic carbocycles. The standard InChI is InChI=1S/C19H30N4O2/c1-2-4-17(5-3-1)25-19-15-20-14-18(21-19)23-10-8-22(9-11-23)16-6-12-24-13-7-16/h14-17H,1-13H2. The molecule has 2 aliphatic heterocycles. The van der Waals surface area contributed by atoms with Gasteiger partial charge in [0.25, 0.3) is 0 Å². The third-order valence-electron chi connectivity index (χ3n) is 5.78. The fourth-order valence-corrected chi connectivity index (χ4v) is 4.27. The average Bonchev–Trinajstić information content (AvgIpc) is 2.70. The summed E-state index contributed by atoms with van der Waals surface area (Å²) in [7, 11) is 0. The van der Waals surface area contributed by atoms with Gasteiger partial charge in [-0.25, -0.2) is 0 Å². The minimum absolute atomic E-state index is 0.323. The van der Waals surface area contributed by atoms with Crippen LogP contribution in [0.15, 0.2) is 12.4 Å². The predicted octanol–water partition coefficient (Wildman–Crippen LogP) is 2.49. The van der Waals surface area contributed by atoms with Crippen molar-refractivity contribution in [2.24, 2.45) is 0 Å². The van der Waals surface area contributed by atoms with Gasteiger partial charge in [0.05, 0.1) is 12.4 Å². The van der Waals surface area contributed by atoms with Crippen molar-refractivity contribution in [2.45, 2.75) is 57.1 Å². The maximum absolute atomic E-state index is 6.08. The molecule has 0 bridgehead atoms. The van der Waals surface area contributed by atoms with Crippen LogP contribution >= 0.6 is 0 Å². The van der Waals surface area contributed by atoms with E-state index in [0.29, 0.717) is 18.0 Å².